The van der Waals surface area contributed by atoms with Gasteiger partial charge in [0.05, 0.1) is 22.8 Å². The van der Waals surface area contributed by atoms with Gasteiger partial charge >= 0.3 is 11.2 Å². The van der Waals surface area contributed by atoms with Crippen molar-refractivity contribution in [3.05, 3.63) is 91.0 Å². The van der Waals surface area contributed by atoms with E-state index in [1.54, 1.807) is 6.92 Å². The molecule has 234 valence electrons. The van der Waals surface area contributed by atoms with Gasteiger partial charge in [-0.3, -0.25) is 4.18 Å². The summed E-state index contributed by atoms with van der Waals surface area (Å²) in [4.78, 5) is 4.08. The van der Waals surface area contributed by atoms with E-state index in [-0.39, 0.29) is 29.5 Å². The maximum atomic E-state index is 14.0. The molecule has 43 heavy (non-hydrogen) atoms. The zero-order chi connectivity index (χ0) is 31.5. The fraction of sp³-hybridized carbons (Fsp3) is 0.400. The maximum absolute atomic E-state index is 14.0. The predicted octanol–water partition coefficient (Wildman–Crippen LogP) is 6.71. The number of hydrogen-bond donors (Lipinski definition) is 0. The van der Waals surface area contributed by atoms with E-state index in [0.717, 1.165) is 0 Å². The van der Waals surface area contributed by atoms with E-state index in [1.165, 1.54) is 14.7 Å². The average Bonchev–Trinajstić information content (AvgIpc) is 3.55. The minimum Gasteiger partial charge on any atom is -0.743 e. The van der Waals surface area contributed by atoms with Crippen LogP contribution in [0, 0.1) is 17.8 Å². The van der Waals surface area contributed by atoms with E-state index in [1.807, 2.05) is 0 Å². The third-order valence-corrected chi connectivity index (χ3v) is 12.2. The molecule has 2 bridgehead atoms. The summed E-state index contributed by atoms with van der Waals surface area (Å²) >= 11 is 0. The smallest absolute Gasteiger partial charge is 0.396 e. The van der Waals surface area contributed by atoms with Crippen LogP contribution >= 0.6 is 0 Å². The van der Waals surface area contributed by atoms with Crippen LogP contribution < -0.4 is 0 Å². The standard InChI is InChI=1S/C18H15S.C12H18F4O6S2/c1-4-10-16(11-5-1)19(17-12-6-2-7-13-17)18-14-8-3-9-15-18;1-2-3-23(17,18)22-10-6-7-4-8(10)5-9(7)11(13,14)12(15,16)24(19,20)21/h1-15H;7-10H,2-6H2,1H3,(H,19,20,21)/q+1;/p-1. The van der Waals surface area contributed by atoms with Gasteiger partial charge in [-0.2, -0.15) is 26.0 Å². The number of hydrogen-bond acceptors (Lipinski definition) is 6. The van der Waals surface area contributed by atoms with Crippen LogP contribution in [0.2, 0.25) is 0 Å². The second-order valence-corrected chi connectivity index (χ2v) is 15.7. The third kappa shape index (κ3) is 7.44. The van der Waals surface area contributed by atoms with Gasteiger partial charge in [0.2, 0.25) is 0 Å². The Morgan fingerprint density at radius 3 is 1.53 bits per heavy atom. The molecule has 0 amide bonds. The predicted molar refractivity (Wildman–Crippen MR) is 154 cm³/mol. The normalized spacial score (nSPS) is 22.3. The molecule has 0 saturated heterocycles. The highest BCUT2D eigenvalue weighted by atomic mass is 32.2. The number of rotatable bonds is 10. The molecular formula is C30H32F4O6S3. The highest BCUT2D eigenvalue weighted by Crippen LogP contribution is 2.58. The summed E-state index contributed by atoms with van der Waals surface area (Å²) in [6, 6.07) is 32.2. The SMILES string of the molecule is CCCS(=O)(=O)OC1CC2CC1CC2C(F)(F)C(F)(F)S(=O)(=O)[O-].c1ccc([S+](c2ccccc2)c2ccccc2)cc1. The summed E-state index contributed by atoms with van der Waals surface area (Å²) in [5.41, 5.74) is 0. The van der Waals surface area contributed by atoms with Crippen molar-refractivity contribution in [3.8, 4) is 0 Å². The van der Waals surface area contributed by atoms with E-state index < -0.39 is 61.7 Å². The first-order chi connectivity index (χ1) is 20.2. The highest BCUT2D eigenvalue weighted by Gasteiger charge is 2.69. The van der Waals surface area contributed by atoms with Crippen LogP contribution in [0.1, 0.15) is 32.6 Å². The van der Waals surface area contributed by atoms with Crippen LogP contribution in [-0.2, 0) is 35.3 Å². The number of benzene rings is 3. The van der Waals surface area contributed by atoms with Crippen molar-refractivity contribution in [3.63, 3.8) is 0 Å². The molecule has 0 aromatic heterocycles. The molecule has 0 aliphatic heterocycles. The first-order valence-corrected chi connectivity index (χ1v) is 17.9. The minimum atomic E-state index is -6.52. The van der Waals surface area contributed by atoms with Crippen molar-refractivity contribution >= 4 is 31.1 Å². The molecular weight excluding hydrogens is 629 g/mol. The molecule has 3 aromatic carbocycles. The third-order valence-electron chi connectivity index (χ3n) is 7.62. The zero-order valence-corrected chi connectivity index (χ0v) is 25.6. The Bertz CT molecular complexity index is 1460. The molecule has 13 heteroatoms. The molecule has 0 N–H and O–H groups in total. The Balaban J connectivity index is 0.000000202. The topological polar surface area (TPSA) is 101 Å². The first-order valence-electron chi connectivity index (χ1n) is 13.7. The summed E-state index contributed by atoms with van der Waals surface area (Å²) in [6.07, 6.45) is -1.26. The Hall–Kier alpha value is -2.45. The fourth-order valence-corrected chi connectivity index (χ4v) is 9.53. The number of alkyl halides is 4. The molecule has 4 unspecified atom stereocenters. The summed E-state index contributed by atoms with van der Waals surface area (Å²) in [6.45, 7) is 1.61. The van der Waals surface area contributed by atoms with Crippen LogP contribution in [0.3, 0.4) is 0 Å². The Kier molecular flexibility index (Phi) is 10.3. The van der Waals surface area contributed by atoms with E-state index >= 15 is 0 Å². The van der Waals surface area contributed by atoms with Crippen LogP contribution in [-0.4, -0.2) is 44.4 Å². The minimum absolute atomic E-state index is 0.0146. The quantitative estimate of drug-likeness (QED) is 0.104. The van der Waals surface area contributed by atoms with Gasteiger partial charge in [-0.05, 0) is 73.9 Å². The van der Waals surface area contributed by atoms with E-state index in [2.05, 4.69) is 91.0 Å². The van der Waals surface area contributed by atoms with Crippen molar-refractivity contribution in [2.24, 2.45) is 17.8 Å². The van der Waals surface area contributed by atoms with Gasteiger partial charge in [0, 0.05) is 5.92 Å². The second-order valence-electron chi connectivity index (χ2n) is 10.6. The molecule has 0 spiro atoms. The average molecular weight is 661 g/mol. The summed E-state index contributed by atoms with van der Waals surface area (Å²) in [7, 11) is -10.4. The van der Waals surface area contributed by atoms with Crippen molar-refractivity contribution in [2.75, 3.05) is 5.75 Å². The molecule has 4 atom stereocenters. The van der Waals surface area contributed by atoms with Crippen molar-refractivity contribution in [2.45, 2.75) is 64.6 Å². The number of halogens is 4. The molecule has 2 fully saturated rings. The van der Waals surface area contributed by atoms with Gasteiger partial charge in [0.25, 0.3) is 10.1 Å². The lowest BCUT2D eigenvalue weighted by atomic mass is 9.83. The van der Waals surface area contributed by atoms with Crippen molar-refractivity contribution < 1.29 is 43.1 Å². The van der Waals surface area contributed by atoms with Crippen LogP contribution in [0.25, 0.3) is 0 Å². The maximum Gasteiger partial charge on any atom is 0.396 e. The van der Waals surface area contributed by atoms with Gasteiger partial charge < -0.3 is 4.55 Å². The molecule has 2 aliphatic rings. The van der Waals surface area contributed by atoms with Crippen molar-refractivity contribution in [1.29, 1.82) is 0 Å². The molecule has 2 aliphatic carbocycles. The van der Waals surface area contributed by atoms with Crippen LogP contribution in [0.15, 0.2) is 106 Å². The molecule has 0 heterocycles. The lowest BCUT2D eigenvalue weighted by Crippen LogP contribution is -2.53. The summed E-state index contributed by atoms with van der Waals surface area (Å²) in [5, 5.41) is -5.71. The molecule has 0 radical (unpaired) electrons. The summed E-state index contributed by atoms with van der Waals surface area (Å²) in [5.74, 6) is -8.98. The van der Waals surface area contributed by atoms with Gasteiger partial charge in [-0.25, -0.2) is 8.42 Å². The monoisotopic (exact) mass is 660 g/mol. The Morgan fingerprint density at radius 1 is 0.744 bits per heavy atom. The Morgan fingerprint density at radius 2 is 1.19 bits per heavy atom. The van der Waals surface area contributed by atoms with Crippen LogP contribution in [0.4, 0.5) is 17.6 Å². The van der Waals surface area contributed by atoms with Crippen LogP contribution in [0.5, 0.6) is 0 Å². The first kappa shape index (κ1) is 33.4. The Labute approximate surface area is 252 Å². The summed E-state index contributed by atoms with van der Waals surface area (Å²) < 4.78 is 114. The van der Waals surface area contributed by atoms with Crippen molar-refractivity contribution in [1.82, 2.24) is 0 Å². The van der Waals surface area contributed by atoms with Gasteiger partial charge in [0.15, 0.2) is 24.8 Å². The lowest BCUT2D eigenvalue weighted by Gasteiger charge is -2.37. The second kappa shape index (κ2) is 13.3. The van der Waals surface area contributed by atoms with Gasteiger partial charge in [-0.15, -0.1) is 0 Å². The van der Waals surface area contributed by atoms with Gasteiger partial charge in [0.1, 0.15) is 0 Å². The highest BCUT2D eigenvalue weighted by molar-refractivity contribution is 7.97. The number of fused-ring (bicyclic) bond motifs is 2. The van der Waals surface area contributed by atoms with E-state index in [4.69, 9.17) is 4.18 Å². The van der Waals surface area contributed by atoms with E-state index in [0.29, 0.717) is 6.42 Å². The molecule has 3 aromatic rings. The largest absolute Gasteiger partial charge is 0.743 e. The molecule has 5 rings (SSSR count). The zero-order valence-electron chi connectivity index (χ0n) is 23.2. The molecule has 6 nitrogen and oxygen atoms in total. The molecule has 2 saturated carbocycles. The fourth-order valence-electron chi connectivity index (χ4n) is 5.73. The lowest BCUT2D eigenvalue weighted by molar-refractivity contribution is -0.204. The van der Waals surface area contributed by atoms with E-state index in [9.17, 15) is 39.0 Å². The van der Waals surface area contributed by atoms with Gasteiger partial charge in [-0.1, -0.05) is 61.5 Å².